The van der Waals surface area contributed by atoms with E-state index in [1.165, 1.54) is 58.2 Å². The molecule has 0 aromatic rings. The molecule has 2 heteroatoms. The molecule has 3 fully saturated rings. The highest BCUT2D eigenvalue weighted by Crippen LogP contribution is 2.48. The molecule has 0 amide bonds. The molecule has 0 unspecified atom stereocenters. The number of hydrogen-bond acceptors (Lipinski definition) is 2. The van der Waals surface area contributed by atoms with E-state index in [-0.39, 0.29) is 0 Å². The zero-order valence-electron chi connectivity index (χ0n) is 9.62. The van der Waals surface area contributed by atoms with Crippen LogP contribution in [0.25, 0.3) is 0 Å². The molecular weight excluding hydrogens is 202 g/mol. The summed E-state index contributed by atoms with van der Waals surface area (Å²) < 4.78 is 0. The topological polar surface area (TPSA) is 3.24 Å². The normalized spacial score (nSPS) is 28.4. The molecule has 0 saturated heterocycles. The van der Waals surface area contributed by atoms with E-state index in [1.54, 1.807) is 0 Å². The highest BCUT2D eigenvalue weighted by Gasteiger charge is 2.43. The number of thiol groups is 1. The standard InChI is InChI=1S/C13H23NS/c15-10-13(5-6-13)9-14(7-11-1-2-11)8-12-3-4-12/h11-12,15H,1-10H2. The van der Waals surface area contributed by atoms with E-state index in [0.29, 0.717) is 5.41 Å². The monoisotopic (exact) mass is 225 g/mol. The molecule has 0 atom stereocenters. The average Bonchev–Trinajstić information content (AvgIpc) is 3.06. The van der Waals surface area contributed by atoms with Crippen molar-refractivity contribution in [1.82, 2.24) is 4.90 Å². The Kier molecular flexibility index (Phi) is 2.76. The Bertz CT molecular complexity index is 215. The molecule has 0 heterocycles. The van der Waals surface area contributed by atoms with E-state index < -0.39 is 0 Å². The molecule has 3 saturated carbocycles. The largest absolute Gasteiger partial charge is 0.302 e. The van der Waals surface area contributed by atoms with Gasteiger partial charge in [-0.05, 0) is 61.5 Å². The average molecular weight is 225 g/mol. The van der Waals surface area contributed by atoms with Crippen molar-refractivity contribution in [3.8, 4) is 0 Å². The molecule has 15 heavy (non-hydrogen) atoms. The first-order chi connectivity index (χ1) is 7.30. The third kappa shape index (κ3) is 2.91. The van der Waals surface area contributed by atoms with Crippen LogP contribution < -0.4 is 0 Å². The lowest BCUT2D eigenvalue weighted by Gasteiger charge is -2.26. The lowest BCUT2D eigenvalue weighted by atomic mass is 10.1. The predicted octanol–water partition coefficient (Wildman–Crippen LogP) is 2.82. The van der Waals surface area contributed by atoms with Crippen molar-refractivity contribution in [2.45, 2.75) is 38.5 Å². The molecule has 0 bridgehead atoms. The third-order valence-electron chi connectivity index (χ3n) is 4.28. The Balaban J connectivity index is 1.50. The van der Waals surface area contributed by atoms with Crippen LogP contribution in [0.15, 0.2) is 0 Å². The second-order valence-electron chi connectivity index (χ2n) is 6.24. The quantitative estimate of drug-likeness (QED) is 0.652. The molecular formula is C13H23NS. The van der Waals surface area contributed by atoms with Crippen LogP contribution in [0.3, 0.4) is 0 Å². The number of hydrogen-bond donors (Lipinski definition) is 1. The summed E-state index contributed by atoms with van der Waals surface area (Å²) in [5.74, 6) is 3.22. The van der Waals surface area contributed by atoms with E-state index in [9.17, 15) is 0 Å². The van der Waals surface area contributed by atoms with Gasteiger partial charge in [0.1, 0.15) is 0 Å². The van der Waals surface area contributed by atoms with Crippen LogP contribution in [-0.2, 0) is 0 Å². The van der Waals surface area contributed by atoms with Gasteiger partial charge in [-0.15, -0.1) is 0 Å². The summed E-state index contributed by atoms with van der Waals surface area (Å²) in [6, 6.07) is 0. The summed E-state index contributed by atoms with van der Waals surface area (Å²) in [7, 11) is 0. The second-order valence-corrected chi connectivity index (χ2v) is 6.56. The van der Waals surface area contributed by atoms with Crippen molar-refractivity contribution in [1.29, 1.82) is 0 Å². The van der Waals surface area contributed by atoms with Crippen molar-refractivity contribution < 1.29 is 0 Å². The lowest BCUT2D eigenvalue weighted by Crippen LogP contribution is -2.34. The summed E-state index contributed by atoms with van der Waals surface area (Å²) in [5.41, 5.74) is 0.632. The molecule has 86 valence electrons. The zero-order valence-corrected chi connectivity index (χ0v) is 10.5. The molecule has 0 aromatic carbocycles. The highest BCUT2D eigenvalue weighted by atomic mass is 32.1. The molecule has 3 aliphatic rings. The van der Waals surface area contributed by atoms with Gasteiger partial charge < -0.3 is 4.90 Å². The van der Waals surface area contributed by atoms with E-state index in [0.717, 1.165) is 17.6 Å². The Morgan fingerprint density at radius 3 is 1.87 bits per heavy atom. The second kappa shape index (κ2) is 3.96. The van der Waals surface area contributed by atoms with E-state index in [4.69, 9.17) is 0 Å². The number of nitrogens with zero attached hydrogens (tertiary/aromatic N) is 1. The van der Waals surface area contributed by atoms with Gasteiger partial charge in [-0.25, -0.2) is 0 Å². The van der Waals surface area contributed by atoms with Crippen LogP contribution >= 0.6 is 12.6 Å². The first kappa shape index (κ1) is 10.5. The third-order valence-corrected chi connectivity index (χ3v) is 4.95. The smallest absolute Gasteiger partial charge is 0.00460 e. The summed E-state index contributed by atoms with van der Waals surface area (Å²) in [4.78, 5) is 2.78. The van der Waals surface area contributed by atoms with Gasteiger partial charge in [-0.1, -0.05) is 0 Å². The van der Waals surface area contributed by atoms with Gasteiger partial charge in [0.25, 0.3) is 0 Å². The predicted molar refractivity (Wildman–Crippen MR) is 67.4 cm³/mol. The van der Waals surface area contributed by atoms with Gasteiger partial charge in [-0.3, -0.25) is 0 Å². The Morgan fingerprint density at radius 2 is 1.53 bits per heavy atom. The SMILES string of the molecule is SCC1(CN(CC2CC2)CC2CC2)CC1. The fraction of sp³-hybridized carbons (Fsp3) is 1.00. The van der Waals surface area contributed by atoms with E-state index in [2.05, 4.69) is 17.5 Å². The summed E-state index contributed by atoms with van der Waals surface area (Å²) in [5, 5.41) is 0. The van der Waals surface area contributed by atoms with E-state index >= 15 is 0 Å². The van der Waals surface area contributed by atoms with Crippen LogP contribution in [0.1, 0.15) is 38.5 Å². The van der Waals surface area contributed by atoms with Crippen LogP contribution in [0, 0.1) is 17.3 Å². The van der Waals surface area contributed by atoms with Gasteiger partial charge in [0, 0.05) is 19.6 Å². The molecule has 0 aliphatic heterocycles. The van der Waals surface area contributed by atoms with Crippen molar-refractivity contribution in [2.75, 3.05) is 25.4 Å². The Labute approximate surface area is 99.0 Å². The summed E-state index contributed by atoms with van der Waals surface area (Å²) in [6.07, 6.45) is 8.85. The maximum atomic E-state index is 4.52. The van der Waals surface area contributed by atoms with Crippen LogP contribution in [-0.4, -0.2) is 30.3 Å². The number of rotatable bonds is 7. The van der Waals surface area contributed by atoms with Gasteiger partial charge in [0.2, 0.25) is 0 Å². The summed E-state index contributed by atoms with van der Waals surface area (Å²) in [6.45, 7) is 4.14. The fourth-order valence-corrected chi connectivity index (χ4v) is 2.97. The van der Waals surface area contributed by atoms with Gasteiger partial charge in [-0.2, -0.15) is 12.6 Å². The maximum absolute atomic E-state index is 4.52. The van der Waals surface area contributed by atoms with Gasteiger partial charge in [0.15, 0.2) is 0 Å². The minimum Gasteiger partial charge on any atom is -0.302 e. The minimum atomic E-state index is 0.632. The Morgan fingerprint density at radius 1 is 1.00 bits per heavy atom. The molecule has 3 rings (SSSR count). The molecule has 0 radical (unpaired) electrons. The van der Waals surface area contributed by atoms with Crippen LogP contribution in [0.2, 0.25) is 0 Å². The molecule has 0 N–H and O–H groups in total. The highest BCUT2D eigenvalue weighted by molar-refractivity contribution is 7.80. The fourth-order valence-electron chi connectivity index (χ4n) is 2.55. The first-order valence-electron chi connectivity index (χ1n) is 6.63. The van der Waals surface area contributed by atoms with Crippen molar-refractivity contribution in [3.05, 3.63) is 0 Å². The Hall–Kier alpha value is 0.310. The van der Waals surface area contributed by atoms with E-state index in [1.807, 2.05) is 0 Å². The lowest BCUT2D eigenvalue weighted by molar-refractivity contribution is 0.213. The molecule has 0 spiro atoms. The van der Waals surface area contributed by atoms with Crippen LogP contribution in [0.5, 0.6) is 0 Å². The van der Waals surface area contributed by atoms with Crippen molar-refractivity contribution >= 4 is 12.6 Å². The van der Waals surface area contributed by atoms with Crippen molar-refractivity contribution in [2.24, 2.45) is 17.3 Å². The molecule has 0 aromatic heterocycles. The molecule has 1 nitrogen and oxygen atoms in total. The zero-order chi connectivity index (χ0) is 10.3. The summed E-state index contributed by atoms with van der Waals surface area (Å²) >= 11 is 4.52. The van der Waals surface area contributed by atoms with Crippen molar-refractivity contribution in [3.63, 3.8) is 0 Å². The maximum Gasteiger partial charge on any atom is 0.00460 e. The van der Waals surface area contributed by atoms with Gasteiger partial charge in [0.05, 0.1) is 0 Å². The minimum absolute atomic E-state index is 0.632. The first-order valence-corrected chi connectivity index (χ1v) is 7.26. The van der Waals surface area contributed by atoms with Crippen LogP contribution in [0.4, 0.5) is 0 Å². The molecule has 3 aliphatic carbocycles. The van der Waals surface area contributed by atoms with Gasteiger partial charge >= 0.3 is 0 Å².